The first-order valence-corrected chi connectivity index (χ1v) is 10.5. The van der Waals surface area contributed by atoms with E-state index in [9.17, 15) is 9.90 Å². The van der Waals surface area contributed by atoms with Gasteiger partial charge in [0.15, 0.2) is 0 Å². The zero-order valence-corrected chi connectivity index (χ0v) is 18.5. The van der Waals surface area contributed by atoms with Crippen LogP contribution in [0.4, 0.5) is 0 Å². The van der Waals surface area contributed by atoms with Crippen LogP contribution in [0.25, 0.3) is 11.1 Å². The summed E-state index contributed by atoms with van der Waals surface area (Å²) in [5, 5.41) is 23.7. The van der Waals surface area contributed by atoms with E-state index in [0.717, 1.165) is 36.0 Å². The number of halogens is 2. The lowest BCUT2D eigenvalue weighted by Crippen LogP contribution is -2.37. The number of fused-ring (bicyclic) bond motifs is 1. The van der Waals surface area contributed by atoms with Crippen molar-refractivity contribution in [3.8, 4) is 11.1 Å². The van der Waals surface area contributed by atoms with Crippen LogP contribution in [0.3, 0.4) is 0 Å². The van der Waals surface area contributed by atoms with Gasteiger partial charge in [0.1, 0.15) is 0 Å². The fourth-order valence-corrected chi connectivity index (χ4v) is 4.22. The van der Waals surface area contributed by atoms with E-state index in [1.165, 1.54) is 11.1 Å². The van der Waals surface area contributed by atoms with Crippen molar-refractivity contribution in [3.63, 3.8) is 0 Å². The summed E-state index contributed by atoms with van der Waals surface area (Å²) in [4.78, 5) is 11.1. The van der Waals surface area contributed by atoms with Gasteiger partial charge in [0, 0.05) is 17.6 Å². The molecular formula is C25H25Cl2NO3. The van der Waals surface area contributed by atoms with Gasteiger partial charge in [0.25, 0.3) is 0 Å². The zero-order valence-electron chi connectivity index (χ0n) is 16.9. The second kappa shape index (κ2) is 10.3. The molecule has 0 bridgehead atoms. The highest BCUT2D eigenvalue weighted by Crippen LogP contribution is 2.28. The average Bonchev–Trinajstić information content (AvgIpc) is 2.77. The lowest BCUT2D eigenvalue weighted by atomic mass is 9.86. The number of nitrogens with one attached hydrogen (secondary N) is 1. The van der Waals surface area contributed by atoms with Crippen LogP contribution < -0.4 is 5.32 Å². The molecule has 0 unspecified atom stereocenters. The van der Waals surface area contributed by atoms with E-state index < -0.39 is 12.1 Å². The summed E-state index contributed by atoms with van der Waals surface area (Å²) in [6, 6.07) is 21.1. The van der Waals surface area contributed by atoms with Gasteiger partial charge in [-0.15, -0.1) is 12.4 Å². The van der Waals surface area contributed by atoms with E-state index in [4.69, 9.17) is 16.7 Å². The number of hydrogen-bond acceptors (Lipinski definition) is 3. The standard InChI is InChI=1S/C25H24ClNO3.ClH/c26-22-3-1-2-20(13-22)24(28)15-27-23-11-10-17-6-9-19(12-21(17)14-23)16-4-7-18(8-5-16)25(29)30;/h1-9,12-13,23-24,27-28H,10-11,14-15H2,(H,29,30);1H/t23-,24-;/m0./s1. The molecule has 0 fully saturated rings. The Labute approximate surface area is 193 Å². The number of rotatable bonds is 6. The molecule has 0 spiro atoms. The Kier molecular flexibility index (Phi) is 7.74. The molecule has 4 rings (SSSR count). The molecule has 162 valence electrons. The van der Waals surface area contributed by atoms with Crippen LogP contribution in [0.15, 0.2) is 66.7 Å². The van der Waals surface area contributed by atoms with E-state index in [2.05, 4.69) is 23.5 Å². The zero-order chi connectivity index (χ0) is 21.1. The molecule has 0 saturated heterocycles. The smallest absolute Gasteiger partial charge is 0.335 e. The minimum Gasteiger partial charge on any atom is -0.478 e. The third-order valence-corrected chi connectivity index (χ3v) is 5.97. The molecule has 6 heteroatoms. The van der Waals surface area contributed by atoms with E-state index in [1.54, 1.807) is 24.3 Å². The molecule has 0 aliphatic heterocycles. The quantitative estimate of drug-likeness (QED) is 0.469. The summed E-state index contributed by atoms with van der Waals surface area (Å²) in [6.07, 6.45) is 2.34. The number of carboxylic acid groups (broad SMARTS) is 1. The maximum Gasteiger partial charge on any atom is 0.335 e. The summed E-state index contributed by atoms with van der Waals surface area (Å²) in [5.41, 5.74) is 5.86. The molecule has 3 aromatic carbocycles. The fourth-order valence-electron chi connectivity index (χ4n) is 4.03. The highest BCUT2D eigenvalue weighted by atomic mass is 35.5. The fraction of sp³-hybridized carbons (Fsp3) is 0.240. The van der Waals surface area contributed by atoms with E-state index in [0.29, 0.717) is 23.2 Å². The molecule has 3 N–H and O–H groups in total. The molecule has 2 atom stereocenters. The third kappa shape index (κ3) is 5.66. The van der Waals surface area contributed by atoms with Gasteiger partial charge >= 0.3 is 5.97 Å². The van der Waals surface area contributed by atoms with Crippen molar-refractivity contribution in [2.45, 2.75) is 31.4 Å². The number of benzene rings is 3. The number of aromatic carboxylic acids is 1. The highest BCUT2D eigenvalue weighted by molar-refractivity contribution is 6.30. The predicted molar refractivity (Wildman–Crippen MR) is 126 cm³/mol. The lowest BCUT2D eigenvalue weighted by molar-refractivity contribution is 0.0697. The maximum atomic E-state index is 11.1. The molecular weight excluding hydrogens is 433 g/mol. The Bertz CT molecular complexity index is 1050. The van der Waals surface area contributed by atoms with Gasteiger partial charge in [0.2, 0.25) is 0 Å². The summed E-state index contributed by atoms with van der Waals surface area (Å²) in [6.45, 7) is 0.483. The van der Waals surface area contributed by atoms with Gasteiger partial charge in [-0.1, -0.05) is 54.1 Å². The maximum absolute atomic E-state index is 11.1. The van der Waals surface area contributed by atoms with E-state index in [1.807, 2.05) is 24.3 Å². The van der Waals surface area contributed by atoms with Crippen molar-refractivity contribution < 1.29 is 15.0 Å². The summed E-state index contributed by atoms with van der Waals surface area (Å²) < 4.78 is 0. The van der Waals surface area contributed by atoms with Gasteiger partial charge in [-0.25, -0.2) is 4.79 Å². The average molecular weight is 458 g/mol. The van der Waals surface area contributed by atoms with Crippen LogP contribution in [0.1, 0.15) is 39.6 Å². The van der Waals surface area contributed by atoms with Gasteiger partial charge < -0.3 is 15.5 Å². The molecule has 31 heavy (non-hydrogen) atoms. The van der Waals surface area contributed by atoms with Crippen molar-refractivity contribution >= 4 is 30.0 Å². The molecule has 4 nitrogen and oxygen atoms in total. The first kappa shape index (κ1) is 23.3. The largest absolute Gasteiger partial charge is 0.478 e. The number of carbonyl (C=O) groups is 1. The van der Waals surface area contributed by atoms with Crippen LogP contribution in [0, 0.1) is 0 Å². The van der Waals surface area contributed by atoms with Gasteiger partial charge in [-0.05, 0) is 71.3 Å². The molecule has 1 aliphatic rings. The van der Waals surface area contributed by atoms with Crippen molar-refractivity contribution in [1.29, 1.82) is 0 Å². The minimum atomic E-state index is -0.916. The van der Waals surface area contributed by atoms with Crippen LogP contribution in [0.5, 0.6) is 0 Å². The van der Waals surface area contributed by atoms with Crippen molar-refractivity contribution in [3.05, 3.63) is 94.0 Å². The molecule has 1 aliphatic carbocycles. The van der Waals surface area contributed by atoms with Crippen LogP contribution in [0.2, 0.25) is 5.02 Å². The SMILES string of the molecule is Cl.O=C(O)c1ccc(-c2ccc3c(c2)C[C@@H](NC[C@H](O)c2cccc(Cl)c2)CC3)cc1. The number of aliphatic hydroxyl groups excluding tert-OH is 1. The highest BCUT2D eigenvalue weighted by Gasteiger charge is 2.20. The summed E-state index contributed by atoms with van der Waals surface area (Å²) in [5.74, 6) is -0.916. The molecule has 0 radical (unpaired) electrons. The predicted octanol–water partition coefficient (Wildman–Crippen LogP) is 5.31. The Morgan fingerprint density at radius 3 is 2.48 bits per heavy atom. The molecule has 3 aromatic rings. The molecule has 0 aromatic heterocycles. The second-order valence-electron chi connectivity index (χ2n) is 7.78. The topological polar surface area (TPSA) is 69.6 Å². The lowest BCUT2D eigenvalue weighted by Gasteiger charge is -2.27. The monoisotopic (exact) mass is 457 g/mol. The van der Waals surface area contributed by atoms with Gasteiger partial charge in [-0.2, -0.15) is 0 Å². The third-order valence-electron chi connectivity index (χ3n) is 5.73. The number of aliphatic hydroxyl groups is 1. The van der Waals surface area contributed by atoms with Crippen LogP contribution >= 0.6 is 24.0 Å². The first-order chi connectivity index (χ1) is 14.5. The van der Waals surface area contributed by atoms with Gasteiger partial charge in [0.05, 0.1) is 11.7 Å². The normalized spacial score (nSPS) is 16.1. The summed E-state index contributed by atoms with van der Waals surface area (Å²) in [7, 11) is 0. The van der Waals surface area contributed by atoms with Crippen molar-refractivity contribution in [1.82, 2.24) is 5.32 Å². The second-order valence-corrected chi connectivity index (χ2v) is 8.22. The van der Waals surface area contributed by atoms with Gasteiger partial charge in [-0.3, -0.25) is 0 Å². The Morgan fingerprint density at radius 2 is 1.77 bits per heavy atom. The van der Waals surface area contributed by atoms with Crippen LogP contribution in [-0.2, 0) is 12.8 Å². The number of aryl methyl sites for hydroxylation is 1. The molecule has 0 heterocycles. The first-order valence-electron chi connectivity index (χ1n) is 10.1. The van der Waals surface area contributed by atoms with Crippen LogP contribution in [-0.4, -0.2) is 28.8 Å². The molecule has 0 amide bonds. The number of carboxylic acids is 1. The van der Waals surface area contributed by atoms with Crippen molar-refractivity contribution in [2.75, 3.05) is 6.54 Å². The summed E-state index contributed by atoms with van der Waals surface area (Å²) >= 11 is 6.02. The van der Waals surface area contributed by atoms with E-state index >= 15 is 0 Å². The number of hydrogen-bond donors (Lipinski definition) is 3. The Hall–Kier alpha value is -2.37. The Morgan fingerprint density at radius 1 is 1.03 bits per heavy atom. The minimum absolute atomic E-state index is 0. The Balaban J connectivity index is 0.00000272. The van der Waals surface area contributed by atoms with Crippen molar-refractivity contribution in [2.24, 2.45) is 0 Å². The molecule has 0 saturated carbocycles. The van der Waals surface area contributed by atoms with E-state index in [-0.39, 0.29) is 12.4 Å².